The summed E-state index contributed by atoms with van der Waals surface area (Å²) in [7, 11) is 0. The molecule has 1 aliphatic carbocycles. The molecule has 0 bridgehead atoms. The van der Waals surface area contributed by atoms with Crippen LogP contribution in [-0.2, 0) is 23.9 Å². The maximum Gasteiger partial charge on any atom is 0.408 e. The molecule has 0 unspecified atom stereocenters. The summed E-state index contributed by atoms with van der Waals surface area (Å²) in [5.74, 6) is 0.194. The van der Waals surface area contributed by atoms with Gasteiger partial charge in [0.1, 0.15) is 11.9 Å². The first-order chi connectivity index (χ1) is 19.0. The third-order valence-corrected chi connectivity index (χ3v) is 7.84. The molecule has 0 amide bonds. The summed E-state index contributed by atoms with van der Waals surface area (Å²) in [4.78, 5) is 26.4. The second-order valence-corrected chi connectivity index (χ2v) is 11.1. The number of nitriles is 1. The van der Waals surface area contributed by atoms with Gasteiger partial charge in [0.05, 0.1) is 17.2 Å². The summed E-state index contributed by atoms with van der Waals surface area (Å²) >= 11 is 0. The molecule has 9 nitrogen and oxygen atoms in total. The molecule has 1 aliphatic heterocycles. The monoisotopic (exact) mass is 548 g/mol. The Morgan fingerprint density at radius 1 is 1.18 bits per heavy atom. The molecule has 206 valence electrons. The predicted molar refractivity (Wildman–Crippen MR) is 143 cm³/mol. The molecule has 2 N–H and O–H groups in total. The van der Waals surface area contributed by atoms with Crippen molar-refractivity contribution in [3.8, 4) is 11.9 Å². The van der Waals surface area contributed by atoms with Gasteiger partial charge < -0.3 is 10.6 Å². The zero-order valence-corrected chi connectivity index (χ0v) is 22.0. The summed E-state index contributed by atoms with van der Waals surface area (Å²) in [5.41, 5.74) is 1.82. The number of benzene rings is 1. The van der Waals surface area contributed by atoms with Crippen molar-refractivity contribution >= 4 is 22.7 Å². The van der Waals surface area contributed by atoms with Crippen LogP contribution in [0.25, 0.3) is 16.9 Å². The van der Waals surface area contributed by atoms with Gasteiger partial charge in [-0.25, -0.2) is 19.3 Å². The predicted octanol–water partition coefficient (Wildman–Crippen LogP) is 4.61. The number of aromatic nitrogens is 5. The molecule has 0 atom stereocenters. The second-order valence-electron chi connectivity index (χ2n) is 11.1. The lowest BCUT2D eigenvalue weighted by atomic mass is 9.67. The van der Waals surface area contributed by atoms with Crippen molar-refractivity contribution in [1.82, 2.24) is 29.6 Å². The summed E-state index contributed by atoms with van der Waals surface area (Å²) in [6, 6.07) is 13.1. The van der Waals surface area contributed by atoms with E-state index < -0.39 is 23.7 Å². The quantitative estimate of drug-likeness (QED) is 0.375. The average molecular weight is 549 g/mol. The summed E-state index contributed by atoms with van der Waals surface area (Å²) < 4.78 is 42.5. The lowest BCUT2D eigenvalue weighted by Crippen LogP contribution is -2.38. The molecular weight excluding hydrogens is 521 g/mol. The fourth-order valence-electron chi connectivity index (χ4n) is 5.61. The highest BCUT2D eigenvalue weighted by molar-refractivity contribution is 5.77. The Morgan fingerprint density at radius 3 is 2.67 bits per heavy atom. The first-order valence-electron chi connectivity index (χ1n) is 13.1. The van der Waals surface area contributed by atoms with E-state index in [-0.39, 0.29) is 28.2 Å². The fourth-order valence-corrected chi connectivity index (χ4v) is 5.61. The van der Waals surface area contributed by atoms with Gasteiger partial charge in [-0.05, 0) is 54.7 Å². The van der Waals surface area contributed by atoms with Gasteiger partial charge in [0.25, 0.3) is 5.56 Å². The van der Waals surface area contributed by atoms with E-state index in [1.807, 2.05) is 18.2 Å². The molecule has 2 aliphatic rings. The van der Waals surface area contributed by atoms with Crippen molar-refractivity contribution < 1.29 is 13.2 Å². The van der Waals surface area contributed by atoms with Crippen molar-refractivity contribution in [2.75, 3.05) is 11.9 Å². The van der Waals surface area contributed by atoms with Crippen LogP contribution < -0.4 is 16.2 Å². The van der Waals surface area contributed by atoms with E-state index in [0.29, 0.717) is 35.4 Å². The van der Waals surface area contributed by atoms with Gasteiger partial charge in [0, 0.05) is 30.4 Å². The molecule has 4 heterocycles. The smallest absolute Gasteiger partial charge is 0.324 e. The molecule has 0 spiro atoms. The van der Waals surface area contributed by atoms with Crippen LogP contribution in [0.15, 0.2) is 47.4 Å². The van der Waals surface area contributed by atoms with Crippen LogP contribution in [0, 0.1) is 11.3 Å². The van der Waals surface area contributed by atoms with Crippen LogP contribution in [0.1, 0.15) is 49.9 Å². The Labute approximate surface area is 227 Å². The van der Waals surface area contributed by atoms with E-state index in [4.69, 9.17) is 0 Å². The molecule has 12 heteroatoms. The number of rotatable bonds is 5. The van der Waals surface area contributed by atoms with E-state index in [2.05, 4.69) is 45.5 Å². The van der Waals surface area contributed by atoms with E-state index in [1.165, 1.54) is 17.8 Å². The zero-order chi connectivity index (χ0) is 28.3. The Balaban J connectivity index is 1.46. The highest BCUT2D eigenvalue weighted by atomic mass is 19.4. The van der Waals surface area contributed by atoms with Gasteiger partial charge in [0.2, 0.25) is 5.95 Å². The number of fused-ring (bicyclic) bond motifs is 2. The minimum atomic E-state index is -4.67. The Bertz CT molecular complexity index is 1730. The number of hydrogen-bond donors (Lipinski definition) is 2. The number of alkyl halides is 3. The first kappa shape index (κ1) is 26.0. The minimum Gasteiger partial charge on any atom is -0.324 e. The highest BCUT2D eigenvalue weighted by Crippen LogP contribution is 2.42. The maximum atomic E-state index is 13.6. The Hall–Kier alpha value is -4.24. The van der Waals surface area contributed by atoms with E-state index in [0.717, 1.165) is 23.2 Å². The summed E-state index contributed by atoms with van der Waals surface area (Å²) in [6.45, 7) is 4.37. The summed E-state index contributed by atoms with van der Waals surface area (Å²) in [6.07, 6.45) is -1.35. The molecule has 1 saturated carbocycles. The van der Waals surface area contributed by atoms with E-state index >= 15 is 0 Å². The molecular formula is C28H27F3N8O. The zero-order valence-electron chi connectivity index (χ0n) is 22.0. The third-order valence-electron chi connectivity index (χ3n) is 7.84. The van der Waals surface area contributed by atoms with Crippen molar-refractivity contribution in [2.24, 2.45) is 0 Å². The number of nitrogens with zero attached hydrogens (tertiary/aromatic N) is 6. The van der Waals surface area contributed by atoms with Crippen molar-refractivity contribution in [3.05, 3.63) is 69.8 Å². The molecule has 4 aromatic rings. The molecule has 0 radical (unpaired) electrons. The van der Waals surface area contributed by atoms with E-state index in [9.17, 15) is 23.2 Å². The number of nitrogens with one attached hydrogen (secondary N) is 2. The van der Waals surface area contributed by atoms with Crippen LogP contribution in [-0.4, -0.2) is 37.0 Å². The summed E-state index contributed by atoms with van der Waals surface area (Å²) in [5, 5.41) is 16.2. The van der Waals surface area contributed by atoms with Gasteiger partial charge in [0.15, 0.2) is 11.5 Å². The average Bonchev–Trinajstić information content (AvgIpc) is 3.13. The number of pyridine rings is 1. The standard InChI is InChI=1S/C28H27F3N8O/c1-26(2)15-33-12-17-11-18(7-8-20(17)26)35-25-34-13-19-23(37-25)39(38(24(19)40)16-28(29,30)31)22-6-3-5-21(36-22)27(14-32)9-4-10-27/h3,5-8,11,13,33H,4,9-10,12,15-16H2,1-2H3,(H,34,35,37). The molecule has 40 heavy (non-hydrogen) atoms. The Morgan fingerprint density at radius 2 is 1.98 bits per heavy atom. The lowest BCUT2D eigenvalue weighted by molar-refractivity contribution is -0.144. The number of hydrogen-bond acceptors (Lipinski definition) is 7. The molecule has 0 saturated heterocycles. The van der Waals surface area contributed by atoms with Gasteiger partial charge in [-0.1, -0.05) is 26.0 Å². The van der Waals surface area contributed by atoms with Crippen LogP contribution in [0.4, 0.5) is 24.8 Å². The highest BCUT2D eigenvalue weighted by Gasteiger charge is 2.41. The van der Waals surface area contributed by atoms with Crippen molar-refractivity contribution in [1.29, 1.82) is 5.26 Å². The van der Waals surface area contributed by atoms with Crippen molar-refractivity contribution in [2.45, 2.75) is 63.2 Å². The van der Waals surface area contributed by atoms with Crippen LogP contribution in [0.5, 0.6) is 0 Å². The topological polar surface area (TPSA) is 113 Å². The largest absolute Gasteiger partial charge is 0.408 e. The van der Waals surface area contributed by atoms with Gasteiger partial charge in [-0.3, -0.25) is 4.79 Å². The Kier molecular flexibility index (Phi) is 5.96. The van der Waals surface area contributed by atoms with E-state index in [1.54, 1.807) is 12.1 Å². The van der Waals surface area contributed by atoms with Crippen LogP contribution in [0.3, 0.4) is 0 Å². The third kappa shape index (κ3) is 4.40. The maximum absolute atomic E-state index is 13.6. The second kappa shape index (κ2) is 9.16. The molecule has 3 aromatic heterocycles. The van der Waals surface area contributed by atoms with Crippen molar-refractivity contribution in [3.63, 3.8) is 0 Å². The van der Waals surface area contributed by atoms with Gasteiger partial charge >= 0.3 is 6.18 Å². The SMILES string of the molecule is CC1(C)CNCc2cc(Nc3ncc4c(=O)n(CC(F)(F)F)n(-c5cccc(C6(C#N)CCC6)n5)c4n3)ccc21. The van der Waals surface area contributed by atoms with Gasteiger partial charge in [-0.15, -0.1) is 0 Å². The molecule has 6 rings (SSSR count). The molecule has 1 aromatic carbocycles. The lowest BCUT2D eigenvalue weighted by Gasteiger charge is -2.34. The molecule has 1 fully saturated rings. The van der Waals surface area contributed by atoms with Crippen LogP contribution in [0.2, 0.25) is 0 Å². The van der Waals surface area contributed by atoms with Gasteiger partial charge in [-0.2, -0.15) is 23.4 Å². The minimum absolute atomic E-state index is 0.0169. The first-order valence-corrected chi connectivity index (χ1v) is 13.1. The fraction of sp³-hybridized carbons (Fsp3) is 0.393. The normalized spacial score (nSPS) is 17.6. The number of halogens is 3. The number of anilines is 2. The van der Waals surface area contributed by atoms with Crippen LogP contribution >= 0.6 is 0 Å².